The molecule has 9 heteroatoms. The van der Waals surface area contributed by atoms with Gasteiger partial charge in [-0.15, -0.1) is 11.3 Å². The van der Waals surface area contributed by atoms with Crippen LogP contribution < -0.4 is 4.90 Å². The molecule has 1 saturated heterocycles. The van der Waals surface area contributed by atoms with Gasteiger partial charge in [0.2, 0.25) is 5.91 Å². The van der Waals surface area contributed by atoms with E-state index in [9.17, 15) is 9.59 Å². The highest BCUT2D eigenvalue weighted by atomic mass is 35.5. The van der Waals surface area contributed by atoms with Crippen LogP contribution in [0.4, 0.5) is 10.8 Å². The maximum Gasteiger partial charge on any atom is 0.286 e. The number of anilines is 2. The van der Waals surface area contributed by atoms with Crippen LogP contribution in [0, 0.1) is 0 Å². The fourth-order valence-corrected chi connectivity index (χ4v) is 5.22. The molecule has 1 aromatic heterocycles. The molecule has 150 valence electrons. The molecule has 1 aromatic carbocycles. The zero-order valence-corrected chi connectivity index (χ0v) is 18.2. The van der Waals surface area contributed by atoms with E-state index in [2.05, 4.69) is 14.9 Å². The summed E-state index contributed by atoms with van der Waals surface area (Å²) in [6.07, 6.45) is 5.23. The number of thioether (sulfide) groups is 1. The Kier molecular flexibility index (Phi) is 6.03. The minimum Gasteiger partial charge on any atom is -0.351 e. The Morgan fingerprint density at radius 3 is 2.79 bits per heavy atom. The molecule has 0 saturated carbocycles. The van der Waals surface area contributed by atoms with Crippen molar-refractivity contribution < 1.29 is 9.59 Å². The van der Waals surface area contributed by atoms with Crippen molar-refractivity contribution in [3.05, 3.63) is 45.3 Å². The highest BCUT2D eigenvalue weighted by Gasteiger charge is 2.27. The highest BCUT2D eigenvalue weighted by Crippen LogP contribution is 2.34. The molecule has 0 radical (unpaired) electrons. The number of halogens is 1. The molecule has 0 N–H and O–H groups in total. The Morgan fingerprint density at radius 1 is 1.28 bits per heavy atom. The second-order valence-corrected chi connectivity index (χ2v) is 9.03. The van der Waals surface area contributed by atoms with Gasteiger partial charge in [0.15, 0.2) is 10.3 Å². The zero-order valence-electron chi connectivity index (χ0n) is 15.8. The summed E-state index contributed by atoms with van der Waals surface area (Å²) in [5.41, 5.74) is 1.28. The van der Waals surface area contributed by atoms with Crippen molar-refractivity contribution in [2.45, 2.75) is 26.2 Å². The van der Waals surface area contributed by atoms with Crippen LogP contribution in [0.2, 0.25) is 5.02 Å². The van der Waals surface area contributed by atoms with Crippen LogP contribution in [0.3, 0.4) is 0 Å². The number of piperidine rings is 1. The molecule has 0 aliphatic carbocycles. The molecule has 0 spiro atoms. The third kappa shape index (κ3) is 4.55. The minimum atomic E-state index is -0.233. The number of nitrogens with zero attached hydrogens (tertiary/aromatic N) is 4. The zero-order chi connectivity index (χ0) is 20.4. The number of hydrogen-bond acceptors (Lipinski definition) is 6. The molecule has 0 atom stereocenters. The van der Waals surface area contributed by atoms with Crippen LogP contribution in [0.25, 0.3) is 6.08 Å². The lowest BCUT2D eigenvalue weighted by atomic mass is 10.1. The van der Waals surface area contributed by atoms with Crippen LogP contribution in [0.15, 0.2) is 39.5 Å². The minimum absolute atomic E-state index is 0.164. The van der Waals surface area contributed by atoms with Gasteiger partial charge in [0.05, 0.1) is 16.3 Å². The SMILES string of the molecule is CC(=O)N(c1cccc(Cl)c1)c1nc(/C=C2\SC(N3CCCCC3)=NC2=O)cs1. The van der Waals surface area contributed by atoms with Gasteiger partial charge < -0.3 is 4.90 Å². The van der Waals surface area contributed by atoms with E-state index in [1.807, 2.05) is 11.4 Å². The Balaban J connectivity index is 1.54. The summed E-state index contributed by atoms with van der Waals surface area (Å²) >= 11 is 8.81. The van der Waals surface area contributed by atoms with Gasteiger partial charge in [0, 0.05) is 30.4 Å². The van der Waals surface area contributed by atoms with Crippen LogP contribution >= 0.6 is 34.7 Å². The van der Waals surface area contributed by atoms with Gasteiger partial charge in [0.1, 0.15) is 0 Å². The van der Waals surface area contributed by atoms with Gasteiger partial charge >= 0.3 is 0 Å². The second kappa shape index (κ2) is 8.69. The number of carbonyl (C=O) groups is 2. The van der Waals surface area contributed by atoms with Crippen LogP contribution in [-0.2, 0) is 9.59 Å². The smallest absolute Gasteiger partial charge is 0.286 e. The van der Waals surface area contributed by atoms with E-state index in [4.69, 9.17) is 11.6 Å². The predicted molar refractivity (Wildman–Crippen MR) is 120 cm³/mol. The molecule has 0 bridgehead atoms. The topological polar surface area (TPSA) is 65.9 Å². The van der Waals surface area contributed by atoms with E-state index in [-0.39, 0.29) is 11.8 Å². The first-order valence-corrected chi connectivity index (χ1v) is 11.4. The third-order valence-corrected chi connectivity index (χ3v) is 6.72. The summed E-state index contributed by atoms with van der Waals surface area (Å²) in [6.45, 7) is 3.37. The first-order valence-electron chi connectivity index (χ1n) is 9.30. The number of thiazole rings is 1. The number of likely N-dealkylation sites (tertiary alicyclic amines) is 1. The Morgan fingerprint density at radius 2 is 2.07 bits per heavy atom. The monoisotopic (exact) mass is 446 g/mol. The van der Waals surface area contributed by atoms with Gasteiger partial charge in [-0.05, 0) is 55.3 Å². The van der Waals surface area contributed by atoms with Crippen molar-refractivity contribution in [1.82, 2.24) is 9.88 Å². The summed E-state index contributed by atoms with van der Waals surface area (Å²) in [7, 11) is 0. The van der Waals surface area contributed by atoms with E-state index in [0.29, 0.717) is 26.4 Å². The van der Waals surface area contributed by atoms with E-state index < -0.39 is 0 Å². The molecule has 2 amide bonds. The number of rotatable bonds is 3. The van der Waals surface area contributed by atoms with E-state index in [0.717, 1.165) is 31.1 Å². The molecular formula is C20H19ClN4O2S2. The van der Waals surface area contributed by atoms with Crippen LogP contribution in [-0.4, -0.2) is 40.0 Å². The fraction of sp³-hybridized carbons (Fsp3) is 0.300. The largest absolute Gasteiger partial charge is 0.351 e. The van der Waals surface area contributed by atoms with Gasteiger partial charge in [-0.3, -0.25) is 14.5 Å². The standard InChI is InChI=1S/C20H19ClN4O2S2/c1-13(26)25(16-7-5-6-14(21)10-16)20-22-15(12-28-20)11-17-18(27)23-19(29-17)24-8-3-2-4-9-24/h5-7,10-12H,2-4,8-9H2,1H3/b17-11-. The number of amides is 2. The first kappa shape index (κ1) is 20.1. The number of aliphatic imine (C=N–C) groups is 1. The third-order valence-electron chi connectivity index (χ3n) is 4.60. The van der Waals surface area contributed by atoms with Crippen LogP contribution in [0.5, 0.6) is 0 Å². The molecule has 4 rings (SSSR count). The molecular weight excluding hydrogens is 428 g/mol. The van der Waals surface area contributed by atoms with Crippen LogP contribution in [0.1, 0.15) is 31.9 Å². The van der Waals surface area contributed by atoms with E-state index >= 15 is 0 Å². The van der Waals surface area contributed by atoms with Crippen molar-refractivity contribution in [2.24, 2.45) is 4.99 Å². The van der Waals surface area contributed by atoms with Crippen molar-refractivity contribution in [2.75, 3.05) is 18.0 Å². The summed E-state index contributed by atoms with van der Waals surface area (Å²) in [5, 5.41) is 3.68. The second-order valence-electron chi connectivity index (χ2n) is 6.75. The lowest BCUT2D eigenvalue weighted by Crippen LogP contribution is -2.33. The lowest BCUT2D eigenvalue weighted by molar-refractivity contribution is -0.116. The molecule has 6 nitrogen and oxygen atoms in total. The lowest BCUT2D eigenvalue weighted by Gasteiger charge is -2.27. The van der Waals surface area contributed by atoms with Gasteiger partial charge in [-0.2, -0.15) is 4.99 Å². The summed E-state index contributed by atoms with van der Waals surface area (Å²) in [4.78, 5) is 37.6. The molecule has 1 fully saturated rings. The predicted octanol–water partition coefficient (Wildman–Crippen LogP) is 4.94. The number of amidine groups is 1. The molecule has 29 heavy (non-hydrogen) atoms. The summed E-state index contributed by atoms with van der Waals surface area (Å²) in [5.74, 6) is -0.397. The number of benzene rings is 1. The quantitative estimate of drug-likeness (QED) is 0.625. The fourth-order valence-electron chi connectivity index (χ4n) is 3.24. The number of aromatic nitrogens is 1. The molecule has 0 unspecified atom stereocenters. The summed E-state index contributed by atoms with van der Waals surface area (Å²) < 4.78 is 0. The van der Waals surface area contributed by atoms with Gasteiger partial charge in [-0.25, -0.2) is 4.98 Å². The Labute approximate surface area is 182 Å². The van der Waals surface area contributed by atoms with E-state index in [1.54, 1.807) is 24.3 Å². The van der Waals surface area contributed by atoms with E-state index in [1.165, 1.54) is 41.3 Å². The maximum absolute atomic E-state index is 12.3. The number of hydrogen-bond donors (Lipinski definition) is 0. The van der Waals surface area contributed by atoms with Crippen molar-refractivity contribution in [3.63, 3.8) is 0 Å². The normalized spacial score (nSPS) is 18.3. The molecule has 2 aromatic rings. The van der Waals surface area contributed by atoms with Crippen molar-refractivity contribution in [3.8, 4) is 0 Å². The van der Waals surface area contributed by atoms with Crippen molar-refractivity contribution in [1.29, 1.82) is 0 Å². The molecule has 2 aliphatic heterocycles. The van der Waals surface area contributed by atoms with Gasteiger partial charge in [-0.1, -0.05) is 17.7 Å². The highest BCUT2D eigenvalue weighted by molar-refractivity contribution is 8.18. The average Bonchev–Trinajstić information content (AvgIpc) is 3.30. The molecule has 3 heterocycles. The average molecular weight is 447 g/mol. The summed E-state index contributed by atoms with van der Waals surface area (Å²) in [6, 6.07) is 7.07. The Hall–Kier alpha value is -2.16. The molecule has 2 aliphatic rings. The maximum atomic E-state index is 12.3. The Bertz CT molecular complexity index is 1010. The van der Waals surface area contributed by atoms with Gasteiger partial charge in [0.25, 0.3) is 5.91 Å². The van der Waals surface area contributed by atoms with Crippen molar-refractivity contribution >= 4 is 68.6 Å². The number of carbonyl (C=O) groups excluding carboxylic acids is 2. The first-order chi connectivity index (χ1) is 14.0.